The summed E-state index contributed by atoms with van der Waals surface area (Å²) in [6, 6.07) is 8.08. The molecule has 0 unspecified atom stereocenters. The van der Waals surface area contributed by atoms with E-state index in [1.54, 1.807) is 0 Å². The summed E-state index contributed by atoms with van der Waals surface area (Å²) >= 11 is 2.26. The average Bonchev–Trinajstić information content (AvgIpc) is 2.52. The number of halogens is 1. The van der Waals surface area contributed by atoms with Crippen molar-refractivity contribution in [2.45, 2.75) is 40.0 Å². The number of aromatic nitrogens is 2. The highest BCUT2D eigenvalue weighted by Crippen LogP contribution is 2.09. The number of nitrogens with zero attached hydrogens (tertiary/aromatic N) is 2. The van der Waals surface area contributed by atoms with Crippen LogP contribution in [0.2, 0.25) is 0 Å². The van der Waals surface area contributed by atoms with Crippen molar-refractivity contribution in [2.75, 3.05) is 5.43 Å². The third kappa shape index (κ3) is 4.89. The van der Waals surface area contributed by atoms with Crippen LogP contribution in [-0.4, -0.2) is 15.7 Å². The van der Waals surface area contributed by atoms with E-state index in [0.29, 0.717) is 5.95 Å². The van der Waals surface area contributed by atoms with Crippen LogP contribution in [0.15, 0.2) is 34.2 Å². The van der Waals surface area contributed by atoms with Crippen LogP contribution in [-0.2, 0) is 6.42 Å². The molecule has 0 saturated carbocycles. The van der Waals surface area contributed by atoms with Gasteiger partial charge in [0.2, 0.25) is 5.95 Å². The Labute approximate surface area is 149 Å². The molecule has 0 saturated heterocycles. The minimum atomic E-state index is -0.0874. The molecule has 0 aliphatic heterocycles. The van der Waals surface area contributed by atoms with Crippen molar-refractivity contribution in [3.63, 3.8) is 0 Å². The monoisotopic (exact) mass is 424 g/mol. The van der Waals surface area contributed by atoms with Crippen LogP contribution in [0.4, 0.5) is 5.95 Å². The Morgan fingerprint density at radius 3 is 2.65 bits per heavy atom. The molecule has 2 aromatic rings. The minimum absolute atomic E-state index is 0.0874. The predicted molar refractivity (Wildman–Crippen MR) is 103 cm³/mol. The molecule has 122 valence electrons. The van der Waals surface area contributed by atoms with Gasteiger partial charge in [0.1, 0.15) is 0 Å². The number of hydrazone groups is 1. The van der Waals surface area contributed by atoms with Crippen LogP contribution < -0.4 is 11.0 Å². The van der Waals surface area contributed by atoms with Gasteiger partial charge in [0.25, 0.3) is 5.56 Å². The maximum atomic E-state index is 12.1. The van der Waals surface area contributed by atoms with E-state index in [1.807, 2.05) is 38.1 Å². The first kappa shape index (κ1) is 17.7. The van der Waals surface area contributed by atoms with Crippen molar-refractivity contribution < 1.29 is 0 Å². The molecule has 0 amide bonds. The Balaban J connectivity index is 2.15. The van der Waals surface area contributed by atoms with Crippen LogP contribution in [0.3, 0.4) is 0 Å². The molecule has 1 heterocycles. The maximum Gasteiger partial charge on any atom is 0.255 e. The summed E-state index contributed by atoms with van der Waals surface area (Å²) in [4.78, 5) is 19.3. The average molecular weight is 424 g/mol. The highest BCUT2D eigenvalue weighted by atomic mass is 127. The van der Waals surface area contributed by atoms with Crippen LogP contribution in [0.5, 0.6) is 0 Å². The number of nitrogens with one attached hydrogen (secondary N) is 2. The Morgan fingerprint density at radius 1 is 1.35 bits per heavy atom. The highest BCUT2D eigenvalue weighted by molar-refractivity contribution is 14.1. The number of rotatable bonds is 6. The van der Waals surface area contributed by atoms with Gasteiger partial charge in [-0.2, -0.15) is 5.10 Å². The first-order valence-corrected chi connectivity index (χ1v) is 8.75. The van der Waals surface area contributed by atoms with E-state index < -0.39 is 0 Å². The molecule has 0 fully saturated rings. The van der Waals surface area contributed by atoms with Crippen LogP contribution in [0, 0.1) is 10.5 Å². The molecule has 0 spiro atoms. The summed E-state index contributed by atoms with van der Waals surface area (Å²) in [6.07, 6.45) is 2.80. The lowest BCUT2D eigenvalue weighted by Gasteiger charge is -2.07. The van der Waals surface area contributed by atoms with Gasteiger partial charge >= 0.3 is 0 Å². The summed E-state index contributed by atoms with van der Waals surface area (Å²) in [5.41, 5.74) is 6.13. The van der Waals surface area contributed by atoms with Gasteiger partial charge in [-0.05, 0) is 67.0 Å². The Hall–Kier alpha value is -1.70. The smallest absolute Gasteiger partial charge is 0.255 e. The van der Waals surface area contributed by atoms with Crippen molar-refractivity contribution in [3.05, 3.63) is 55.0 Å². The quantitative estimate of drug-likeness (QED) is 0.420. The fourth-order valence-corrected chi connectivity index (χ4v) is 2.56. The van der Waals surface area contributed by atoms with Gasteiger partial charge in [-0.1, -0.05) is 25.5 Å². The van der Waals surface area contributed by atoms with Gasteiger partial charge < -0.3 is 0 Å². The first-order valence-electron chi connectivity index (χ1n) is 7.67. The topological polar surface area (TPSA) is 70.1 Å². The molecular formula is C17H21IN4O. The molecule has 6 heteroatoms. The normalized spacial score (nSPS) is 11.6. The van der Waals surface area contributed by atoms with Crippen LogP contribution >= 0.6 is 22.6 Å². The highest BCUT2D eigenvalue weighted by Gasteiger charge is 2.07. The summed E-state index contributed by atoms with van der Waals surface area (Å²) < 4.78 is 1.18. The molecule has 23 heavy (non-hydrogen) atoms. The number of H-pyrrole nitrogens is 1. The molecule has 2 N–H and O–H groups in total. The standard InChI is InChI=1S/C17H21IN4O/c1-4-5-6-15-12(3)19-17(20-16(15)23)22-21-11(2)13-7-9-14(18)10-8-13/h7-10H,4-6H2,1-3H3,(H2,19,20,22,23)/b21-11+. The van der Waals surface area contributed by atoms with E-state index in [9.17, 15) is 4.79 Å². The second-order valence-electron chi connectivity index (χ2n) is 5.40. The predicted octanol–water partition coefficient (Wildman–Crippen LogP) is 3.86. The zero-order valence-electron chi connectivity index (χ0n) is 13.6. The number of hydrogen-bond acceptors (Lipinski definition) is 4. The molecular weight excluding hydrogens is 403 g/mol. The molecule has 0 aliphatic rings. The molecule has 2 rings (SSSR count). The van der Waals surface area contributed by atoms with Crippen LogP contribution in [0.1, 0.15) is 43.5 Å². The third-order valence-corrected chi connectivity index (χ3v) is 4.31. The number of anilines is 1. The number of unbranched alkanes of at least 4 members (excludes halogenated alkanes) is 1. The SMILES string of the molecule is CCCCc1c(C)nc(N/N=C(\C)c2ccc(I)cc2)[nH]c1=O. The van der Waals surface area contributed by atoms with Gasteiger partial charge in [0, 0.05) is 14.8 Å². The lowest BCUT2D eigenvalue weighted by atomic mass is 10.1. The van der Waals surface area contributed by atoms with E-state index in [1.165, 1.54) is 3.57 Å². The Kier molecular flexibility index (Phi) is 6.32. The van der Waals surface area contributed by atoms with E-state index in [0.717, 1.165) is 41.8 Å². The van der Waals surface area contributed by atoms with Crippen molar-refractivity contribution >= 4 is 34.3 Å². The molecule has 1 aromatic heterocycles. The lowest BCUT2D eigenvalue weighted by Crippen LogP contribution is -2.18. The van der Waals surface area contributed by atoms with E-state index in [-0.39, 0.29) is 5.56 Å². The minimum Gasteiger partial charge on any atom is -0.291 e. The fraction of sp³-hybridized carbons (Fsp3) is 0.353. The number of aryl methyl sites for hydroxylation is 1. The summed E-state index contributed by atoms with van der Waals surface area (Å²) in [5, 5.41) is 4.30. The summed E-state index contributed by atoms with van der Waals surface area (Å²) in [5.74, 6) is 0.373. The first-order chi connectivity index (χ1) is 11.0. The number of aromatic amines is 1. The second kappa shape index (κ2) is 8.24. The van der Waals surface area contributed by atoms with E-state index >= 15 is 0 Å². The Bertz CT molecular complexity index is 750. The summed E-state index contributed by atoms with van der Waals surface area (Å²) in [6.45, 7) is 5.88. The third-order valence-electron chi connectivity index (χ3n) is 3.59. The molecule has 0 atom stereocenters. The maximum absolute atomic E-state index is 12.1. The van der Waals surface area contributed by atoms with Crippen molar-refractivity contribution in [1.82, 2.24) is 9.97 Å². The van der Waals surface area contributed by atoms with Crippen molar-refractivity contribution in [3.8, 4) is 0 Å². The molecule has 1 aromatic carbocycles. The largest absolute Gasteiger partial charge is 0.291 e. The molecule has 5 nitrogen and oxygen atoms in total. The second-order valence-corrected chi connectivity index (χ2v) is 6.64. The van der Waals surface area contributed by atoms with Crippen molar-refractivity contribution in [1.29, 1.82) is 0 Å². The van der Waals surface area contributed by atoms with Crippen LogP contribution in [0.25, 0.3) is 0 Å². The van der Waals surface area contributed by atoms with E-state index in [4.69, 9.17) is 0 Å². The van der Waals surface area contributed by atoms with Gasteiger partial charge in [0.15, 0.2) is 0 Å². The van der Waals surface area contributed by atoms with Crippen molar-refractivity contribution in [2.24, 2.45) is 5.10 Å². The number of hydrogen-bond donors (Lipinski definition) is 2. The molecule has 0 aliphatic carbocycles. The van der Waals surface area contributed by atoms with Gasteiger partial charge in [0.05, 0.1) is 5.71 Å². The zero-order chi connectivity index (χ0) is 16.8. The fourth-order valence-electron chi connectivity index (χ4n) is 2.20. The van der Waals surface area contributed by atoms with Gasteiger partial charge in [-0.3, -0.25) is 9.78 Å². The Morgan fingerprint density at radius 2 is 2.04 bits per heavy atom. The zero-order valence-corrected chi connectivity index (χ0v) is 15.8. The van der Waals surface area contributed by atoms with Gasteiger partial charge in [-0.15, -0.1) is 0 Å². The van der Waals surface area contributed by atoms with E-state index in [2.05, 4.69) is 50.0 Å². The van der Waals surface area contributed by atoms with Gasteiger partial charge in [-0.25, -0.2) is 10.4 Å². The lowest BCUT2D eigenvalue weighted by molar-refractivity contribution is 0.774. The number of benzene rings is 1. The molecule has 0 bridgehead atoms. The molecule has 0 radical (unpaired) electrons. The summed E-state index contributed by atoms with van der Waals surface area (Å²) in [7, 11) is 0.